The number of para-hydroxylation sites is 1. The largest absolute Gasteiger partial charge is 0.323 e. The summed E-state index contributed by atoms with van der Waals surface area (Å²) in [6, 6.07) is 6.60. The fourth-order valence-electron chi connectivity index (χ4n) is 2.49. The number of nitrogens with one attached hydrogen (secondary N) is 2. The third kappa shape index (κ3) is 2.80. The summed E-state index contributed by atoms with van der Waals surface area (Å²) in [6.07, 6.45) is 3.17. The van der Waals surface area contributed by atoms with Gasteiger partial charge in [-0.1, -0.05) is 12.1 Å². The van der Waals surface area contributed by atoms with Crippen molar-refractivity contribution in [2.75, 3.05) is 26.1 Å². The molecule has 112 valence electrons. The van der Waals surface area contributed by atoms with Crippen LogP contribution in [0, 0.1) is 0 Å². The number of hydrazine groups is 1. The lowest BCUT2D eigenvalue weighted by atomic mass is 9.76. The minimum atomic E-state index is -3.57. The number of anilines is 1. The Hall–Kier alpha value is -1.15. The molecule has 4 N–H and O–H groups in total. The predicted molar refractivity (Wildman–Crippen MR) is 79.7 cm³/mol. The van der Waals surface area contributed by atoms with Crippen LogP contribution >= 0.6 is 0 Å². The number of sulfonamides is 1. The summed E-state index contributed by atoms with van der Waals surface area (Å²) >= 11 is 0. The molecule has 1 saturated carbocycles. The molecule has 6 nitrogen and oxygen atoms in total. The quantitative estimate of drug-likeness (QED) is 0.532. The molecule has 0 spiro atoms. The van der Waals surface area contributed by atoms with Crippen molar-refractivity contribution in [2.45, 2.75) is 29.7 Å². The highest BCUT2D eigenvalue weighted by atomic mass is 32.2. The van der Waals surface area contributed by atoms with Crippen LogP contribution in [0.1, 0.15) is 19.3 Å². The maximum atomic E-state index is 12.4. The maximum Gasteiger partial charge on any atom is 0.242 e. The maximum absolute atomic E-state index is 12.4. The van der Waals surface area contributed by atoms with E-state index in [0.29, 0.717) is 12.2 Å². The monoisotopic (exact) mass is 298 g/mol. The molecule has 0 aromatic heterocycles. The van der Waals surface area contributed by atoms with E-state index in [4.69, 9.17) is 5.84 Å². The van der Waals surface area contributed by atoms with Gasteiger partial charge in [-0.2, -0.15) is 0 Å². The van der Waals surface area contributed by atoms with Gasteiger partial charge in [0.25, 0.3) is 0 Å². The van der Waals surface area contributed by atoms with E-state index in [1.54, 1.807) is 24.3 Å². The second kappa shape index (κ2) is 5.69. The minimum Gasteiger partial charge on any atom is -0.323 e. The first-order valence-electron chi connectivity index (χ1n) is 6.64. The van der Waals surface area contributed by atoms with Gasteiger partial charge in [0.2, 0.25) is 10.0 Å². The standard InChI is InChI=1S/C13H22N4O2S/c1-17(2)13(8-5-9-13)10-15-20(18,19)12-7-4-3-6-11(12)16-14/h3-4,6-7,15-16H,5,8-10,14H2,1-2H3. The highest BCUT2D eigenvalue weighted by Crippen LogP contribution is 2.35. The van der Waals surface area contributed by atoms with Crippen LogP contribution in [0.5, 0.6) is 0 Å². The molecule has 0 unspecified atom stereocenters. The molecule has 2 rings (SSSR count). The second-order valence-corrected chi connectivity index (χ2v) is 7.17. The number of rotatable bonds is 6. The Balaban J connectivity index is 2.16. The number of hydrogen-bond donors (Lipinski definition) is 3. The molecule has 0 atom stereocenters. The number of hydrogen-bond acceptors (Lipinski definition) is 5. The minimum absolute atomic E-state index is 0.0574. The van der Waals surface area contributed by atoms with Crippen molar-refractivity contribution in [3.8, 4) is 0 Å². The Morgan fingerprint density at radius 1 is 1.30 bits per heavy atom. The number of nitrogen functional groups attached to an aromatic ring is 1. The molecule has 0 heterocycles. The van der Waals surface area contributed by atoms with Crippen molar-refractivity contribution in [1.82, 2.24) is 9.62 Å². The van der Waals surface area contributed by atoms with Crippen molar-refractivity contribution in [3.05, 3.63) is 24.3 Å². The van der Waals surface area contributed by atoms with Gasteiger partial charge in [0.1, 0.15) is 4.90 Å². The van der Waals surface area contributed by atoms with Crippen molar-refractivity contribution < 1.29 is 8.42 Å². The van der Waals surface area contributed by atoms with Crippen LogP contribution in [-0.2, 0) is 10.0 Å². The van der Waals surface area contributed by atoms with Crippen molar-refractivity contribution >= 4 is 15.7 Å². The van der Waals surface area contributed by atoms with Crippen LogP contribution in [0.4, 0.5) is 5.69 Å². The summed E-state index contributed by atoms with van der Waals surface area (Å²) in [6.45, 7) is 0.418. The highest BCUT2D eigenvalue weighted by molar-refractivity contribution is 7.89. The normalized spacial score (nSPS) is 17.8. The van der Waals surface area contributed by atoms with E-state index in [2.05, 4.69) is 15.0 Å². The third-order valence-electron chi connectivity index (χ3n) is 4.16. The van der Waals surface area contributed by atoms with E-state index >= 15 is 0 Å². The average Bonchev–Trinajstić information content (AvgIpc) is 2.37. The van der Waals surface area contributed by atoms with Gasteiger partial charge >= 0.3 is 0 Å². The Bertz CT molecular complexity index is 567. The molecule has 1 aliphatic rings. The van der Waals surface area contributed by atoms with Gasteiger partial charge in [0.15, 0.2) is 0 Å². The van der Waals surface area contributed by atoms with Gasteiger partial charge in [-0.3, -0.25) is 5.84 Å². The smallest absolute Gasteiger partial charge is 0.242 e. The molecule has 20 heavy (non-hydrogen) atoms. The number of nitrogens with zero attached hydrogens (tertiary/aromatic N) is 1. The van der Waals surface area contributed by atoms with E-state index in [1.165, 1.54) is 0 Å². The number of likely N-dealkylation sites (N-methyl/N-ethyl adjacent to an activating group) is 1. The molecule has 0 bridgehead atoms. The van der Waals surface area contributed by atoms with E-state index in [1.807, 2.05) is 14.1 Å². The Morgan fingerprint density at radius 3 is 2.45 bits per heavy atom. The molecule has 1 aromatic rings. The first-order valence-corrected chi connectivity index (χ1v) is 8.12. The summed E-state index contributed by atoms with van der Waals surface area (Å²) in [5.41, 5.74) is 2.76. The van der Waals surface area contributed by atoms with Gasteiger partial charge in [-0.15, -0.1) is 0 Å². The molecule has 1 fully saturated rings. The van der Waals surface area contributed by atoms with Gasteiger partial charge < -0.3 is 10.3 Å². The zero-order valence-electron chi connectivity index (χ0n) is 11.9. The van der Waals surface area contributed by atoms with Crippen molar-refractivity contribution in [1.29, 1.82) is 0 Å². The first kappa shape index (κ1) is 15.2. The zero-order valence-corrected chi connectivity index (χ0v) is 12.7. The van der Waals surface area contributed by atoms with Crippen LogP contribution < -0.4 is 16.0 Å². The summed E-state index contributed by atoms with van der Waals surface area (Å²) in [7, 11) is 0.413. The molecule has 1 aromatic carbocycles. The van der Waals surface area contributed by atoms with Crippen LogP contribution in [0.25, 0.3) is 0 Å². The fraction of sp³-hybridized carbons (Fsp3) is 0.538. The average molecular weight is 298 g/mol. The predicted octanol–water partition coefficient (Wildman–Crippen LogP) is 0.735. The van der Waals surface area contributed by atoms with Gasteiger partial charge in [0, 0.05) is 12.1 Å². The highest BCUT2D eigenvalue weighted by Gasteiger charge is 2.40. The fourth-order valence-corrected chi connectivity index (χ4v) is 3.78. The summed E-state index contributed by atoms with van der Waals surface area (Å²) in [4.78, 5) is 2.28. The van der Waals surface area contributed by atoms with Crippen LogP contribution in [-0.4, -0.2) is 39.5 Å². The molecule has 0 aliphatic heterocycles. The lowest BCUT2D eigenvalue weighted by molar-refractivity contribution is 0.0657. The zero-order chi connectivity index (χ0) is 14.8. The van der Waals surface area contributed by atoms with E-state index in [0.717, 1.165) is 19.3 Å². The Morgan fingerprint density at radius 2 is 1.95 bits per heavy atom. The molecule has 0 radical (unpaired) electrons. The van der Waals surface area contributed by atoms with E-state index in [9.17, 15) is 8.42 Å². The molecule has 0 amide bonds. The molecular formula is C13H22N4O2S. The molecule has 7 heteroatoms. The Kier molecular flexibility index (Phi) is 4.33. The van der Waals surface area contributed by atoms with Crippen LogP contribution in [0.15, 0.2) is 29.2 Å². The third-order valence-corrected chi connectivity index (χ3v) is 5.62. The molecule has 1 aliphatic carbocycles. The van der Waals surface area contributed by atoms with Gasteiger partial charge in [-0.25, -0.2) is 13.1 Å². The van der Waals surface area contributed by atoms with E-state index < -0.39 is 10.0 Å². The lowest BCUT2D eigenvalue weighted by Crippen LogP contribution is -2.57. The SMILES string of the molecule is CN(C)C1(CNS(=O)(=O)c2ccccc2NN)CCC1. The van der Waals surface area contributed by atoms with Crippen LogP contribution in [0.3, 0.4) is 0 Å². The molecule has 0 saturated heterocycles. The summed E-state index contributed by atoms with van der Waals surface area (Å²) in [5.74, 6) is 5.36. The topological polar surface area (TPSA) is 87.5 Å². The summed E-state index contributed by atoms with van der Waals surface area (Å²) < 4.78 is 27.5. The van der Waals surface area contributed by atoms with Gasteiger partial charge in [0.05, 0.1) is 5.69 Å². The number of benzene rings is 1. The van der Waals surface area contributed by atoms with Crippen LogP contribution in [0.2, 0.25) is 0 Å². The first-order chi connectivity index (χ1) is 9.41. The lowest BCUT2D eigenvalue weighted by Gasteiger charge is -2.47. The Labute approximate surface area is 120 Å². The van der Waals surface area contributed by atoms with E-state index in [-0.39, 0.29) is 10.4 Å². The summed E-state index contributed by atoms with van der Waals surface area (Å²) in [5, 5.41) is 0. The molecular weight excluding hydrogens is 276 g/mol. The van der Waals surface area contributed by atoms with Gasteiger partial charge in [-0.05, 0) is 45.5 Å². The number of nitrogens with two attached hydrogens (primary N) is 1. The van der Waals surface area contributed by atoms with Crippen molar-refractivity contribution in [2.24, 2.45) is 5.84 Å². The van der Waals surface area contributed by atoms with Crippen molar-refractivity contribution in [3.63, 3.8) is 0 Å². The second-order valence-electron chi connectivity index (χ2n) is 5.44.